The number of aromatic nitrogens is 2. The molecule has 0 atom stereocenters. The topological polar surface area (TPSA) is 73.4 Å². The summed E-state index contributed by atoms with van der Waals surface area (Å²) >= 11 is 0. The molecular formula is C24H25FN6O. The molecular weight excluding hydrogens is 407 g/mol. The van der Waals surface area contributed by atoms with Gasteiger partial charge in [-0.1, -0.05) is 18.2 Å². The number of halogens is 1. The molecule has 0 spiro atoms. The van der Waals surface area contributed by atoms with Gasteiger partial charge in [-0.05, 0) is 41.8 Å². The SMILES string of the molecule is O=C(Nc1cnccc1N1CCNCC1)c1cccc(N2CCc3c(F)cccc3C2)n1. The maximum atomic E-state index is 14.0. The number of rotatable bonds is 4. The lowest BCUT2D eigenvalue weighted by atomic mass is 9.99. The molecule has 0 unspecified atom stereocenters. The first-order valence-electron chi connectivity index (χ1n) is 10.9. The Labute approximate surface area is 186 Å². The van der Waals surface area contributed by atoms with E-state index in [4.69, 9.17) is 0 Å². The van der Waals surface area contributed by atoms with Crippen LogP contribution in [0.1, 0.15) is 21.6 Å². The van der Waals surface area contributed by atoms with Crippen LogP contribution in [0.5, 0.6) is 0 Å². The number of nitrogens with zero attached hydrogens (tertiary/aromatic N) is 4. The number of piperazine rings is 1. The Morgan fingerprint density at radius 1 is 1.03 bits per heavy atom. The van der Waals surface area contributed by atoms with Crippen molar-refractivity contribution in [1.82, 2.24) is 15.3 Å². The van der Waals surface area contributed by atoms with Crippen LogP contribution < -0.4 is 20.4 Å². The van der Waals surface area contributed by atoms with Gasteiger partial charge in [-0.2, -0.15) is 0 Å². The Hall–Kier alpha value is -3.52. The third-order valence-corrected chi connectivity index (χ3v) is 6.00. The van der Waals surface area contributed by atoms with Gasteiger partial charge in [0.05, 0.1) is 17.6 Å². The molecule has 1 fully saturated rings. The molecule has 4 heterocycles. The zero-order valence-electron chi connectivity index (χ0n) is 17.7. The van der Waals surface area contributed by atoms with E-state index in [0.717, 1.165) is 43.0 Å². The lowest BCUT2D eigenvalue weighted by Gasteiger charge is -2.31. The quantitative estimate of drug-likeness (QED) is 0.661. The molecule has 0 saturated carbocycles. The number of fused-ring (bicyclic) bond motifs is 1. The van der Waals surface area contributed by atoms with Gasteiger partial charge in [0, 0.05) is 45.5 Å². The Kier molecular flexibility index (Phi) is 5.68. The van der Waals surface area contributed by atoms with Crippen molar-refractivity contribution in [3.63, 3.8) is 0 Å². The zero-order valence-corrected chi connectivity index (χ0v) is 17.7. The van der Waals surface area contributed by atoms with Gasteiger partial charge in [0.25, 0.3) is 5.91 Å². The van der Waals surface area contributed by atoms with Crippen LogP contribution in [0.25, 0.3) is 0 Å². The molecule has 2 aliphatic heterocycles. The normalized spacial score (nSPS) is 15.9. The summed E-state index contributed by atoms with van der Waals surface area (Å²) in [5, 5.41) is 6.32. The molecule has 1 saturated heterocycles. The highest BCUT2D eigenvalue weighted by Crippen LogP contribution is 2.27. The number of benzene rings is 1. The summed E-state index contributed by atoms with van der Waals surface area (Å²) in [6.07, 6.45) is 4.03. The highest BCUT2D eigenvalue weighted by molar-refractivity contribution is 6.04. The second kappa shape index (κ2) is 8.92. The summed E-state index contributed by atoms with van der Waals surface area (Å²) in [5.41, 5.74) is 3.70. The molecule has 3 aromatic rings. The van der Waals surface area contributed by atoms with E-state index in [0.29, 0.717) is 36.7 Å². The summed E-state index contributed by atoms with van der Waals surface area (Å²) in [4.78, 5) is 26.1. The molecule has 1 aromatic carbocycles. The fourth-order valence-electron chi connectivity index (χ4n) is 4.34. The average molecular weight is 433 g/mol. The summed E-state index contributed by atoms with van der Waals surface area (Å²) in [6.45, 7) is 4.78. The summed E-state index contributed by atoms with van der Waals surface area (Å²) in [7, 11) is 0. The Morgan fingerprint density at radius 2 is 1.88 bits per heavy atom. The van der Waals surface area contributed by atoms with Gasteiger partial charge in [0.15, 0.2) is 0 Å². The molecule has 2 N–H and O–H groups in total. The zero-order chi connectivity index (χ0) is 21.9. The maximum Gasteiger partial charge on any atom is 0.274 e. The van der Waals surface area contributed by atoms with Gasteiger partial charge in [-0.15, -0.1) is 0 Å². The van der Waals surface area contributed by atoms with E-state index >= 15 is 0 Å². The van der Waals surface area contributed by atoms with Gasteiger partial charge in [-0.3, -0.25) is 9.78 Å². The molecule has 0 bridgehead atoms. The first kappa shape index (κ1) is 20.4. The fourth-order valence-corrected chi connectivity index (χ4v) is 4.34. The second-order valence-electron chi connectivity index (χ2n) is 8.01. The van der Waals surface area contributed by atoms with Gasteiger partial charge in [0.1, 0.15) is 17.3 Å². The van der Waals surface area contributed by atoms with E-state index in [2.05, 4.69) is 30.4 Å². The van der Waals surface area contributed by atoms with Crippen molar-refractivity contribution in [2.75, 3.05) is 47.8 Å². The second-order valence-corrected chi connectivity index (χ2v) is 8.01. The number of hydrogen-bond acceptors (Lipinski definition) is 6. The Morgan fingerprint density at radius 3 is 2.75 bits per heavy atom. The molecule has 0 radical (unpaired) electrons. The number of anilines is 3. The highest BCUT2D eigenvalue weighted by atomic mass is 19.1. The number of pyridine rings is 2. The number of nitrogens with one attached hydrogen (secondary N) is 2. The fraction of sp³-hybridized carbons (Fsp3) is 0.292. The summed E-state index contributed by atoms with van der Waals surface area (Å²) in [5.74, 6) is 0.278. The Balaban J connectivity index is 1.34. The number of carbonyl (C=O) groups excluding carboxylic acids is 1. The number of hydrogen-bond donors (Lipinski definition) is 2. The Bertz CT molecular complexity index is 1130. The summed E-state index contributed by atoms with van der Waals surface area (Å²) in [6, 6.07) is 12.5. The predicted octanol–water partition coefficient (Wildman–Crippen LogP) is 2.84. The van der Waals surface area contributed by atoms with Crippen molar-refractivity contribution in [3.05, 3.63) is 77.5 Å². The van der Waals surface area contributed by atoms with Crippen LogP contribution in [-0.2, 0) is 13.0 Å². The van der Waals surface area contributed by atoms with E-state index in [-0.39, 0.29) is 11.7 Å². The van der Waals surface area contributed by atoms with E-state index in [9.17, 15) is 9.18 Å². The standard InChI is InChI=1S/C24H25FN6O/c25-19-4-1-3-17-16-31(12-8-18(17)19)23-6-2-5-20(28-23)24(32)29-21-15-27-9-7-22(21)30-13-10-26-11-14-30/h1-7,9,15,26H,8,10-14,16H2,(H,29,32). The molecule has 8 heteroatoms. The van der Waals surface area contributed by atoms with E-state index in [1.165, 1.54) is 6.07 Å². The van der Waals surface area contributed by atoms with Crippen LogP contribution in [0.3, 0.4) is 0 Å². The molecule has 2 aliphatic rings. The lowest BCUT2D eigenvalue weighted by molar-refractivity contribution is 0.102. The molecule has 5 rings (SSSR count). The van der Waals surface area contributed by atoms with Crippen molar-refractivity contribution in [3.8, 4) is 0 Å². The molecule has 0 aliphatic carbocycles. The molecule has 1 amide bonds. The van der Waals surface area contributed by atoms with Crippen LogP contribution in [0.15, 0.2) is 54.9 Å². The van der Waals surface area contributed by atoms with Crippen molar-refractivity contribution in [2.24, 2.45) is 0 Å². The van der Waals surface area contributed by atoms with Gasteiger partial charge in [-0.25, -0.2) is 9.37 Å². The van der Waals surface area contributed by atoms with E-state index in [1.54, 1.807) is 24.5 Å². The molecule has 2 aromatic heterocycles. The van der Waals surface area contributed by atoms with Crippen molar-refractivity contribution >= 4 is 23.1 Å². The minimum Gasteiger partial charge on any atom is -0.367 e. The van der Waals surface area contributed by atoms with Crippen molar-refractivity contribution in [2.45, 2.75) is 13.0 Å². The number of carbonyl (C=O) groups is 1. The third-order valence-electron chi connectivity index (χ3n) is 6.00. The minimum absolute atomic E-state index is 0.153. The van der Waals surface area contributed by atoms with Gasteiger partial charge >= 0.3 is 0 Å². The van der Waals surface area contributed by atoms with Crippen LogP contribution in [0.2, 0.25) is 0 Å². The van der Waals surface area contributed by atoms with Crippen molar-refractivity contribution < 1.29 is 9.18 Å². The van der Waals surface area contributed by atoms with Crippen molar-refractivity contribution in [1.29, 1.82) is 0 Å². The molecule has 164 valence electrons. The van der Waals surface area contributed by atoms with Crippen LogP contribution in [0.4, 0.5) is 21.6 Å². The number of amides is 1. The average Bonchev–Trinajstić information content (AvgIpc) is 2.85. The maximum absolute atomic E-state index is 14.0. The van der Waals surface area contributed by atoms with Crippen LogP contribution in [0, 0.1) is 5.82 Å². The van der Waals surface area contributed by atoms with Gasteiger partial charge in [0.2, 0.25) is 0 Å². The lowest BCUT2D eigenvalue weighted by Crippen LogP contribution is -2.43. The van der Waals surface area contributed by atoms with E-state index < -0.39 is 0 Å². The van der Waals surface area contributed by atoms with Crippen LogP contribution >= 0.6 is 0 Å². The third kappa shape index (κ3) is 4.13. The minimum atomic E-state index is -0.278. The van der Waals surface area contributed by atoms with Gasteiger partial charge < -0.3 is 20.4 Å². The monoisotopic (exact) mass is 432 g/mol. The highest BCUT2D eigenvalue weighted by Gasteiger charge is 2.21. The predicted molar refractivity (Wildman–Crippen MR) is 123 cm³/mol. The first-order valence-corrected chi connectivity index (χ1v) is 10.9. The molecule has 7 nitrogen and oxygen atoms in total. The van der Waals surface area contributed by atoms with Crippen LogP contribution in [-0.4, -0.2) is 48.6 Å². The molecule has 32 heavy (non-hydrogen) atoms. The van der Waals surface area contributed by atoms with E-state index in [1.807, 2.05) is 24.3 Å². The summed E-state index contributed by atoms with van der Waals surface area (Å²) < 4.78 is 14.0. The smallest absolute Gasteiger partial charge is 0.274 e. The largest absolute Gasteiger partial charge is 0.367 e. The first-order chi connectivity index (χ1) is 15.7.